The first-order chi connectivity index (χ1) is 9.00. The Hall–Kier alpha value is -1.24. The Labute approximate surface area is 115 Å². The molecule has 6 nitrogen and oxygen atoms in total. The molecular formula is C12H19N3O3S. The number of thioether (sulfide) groups is 1. The van der Waals surface area contributed by atoms with Gasteiger partial charge in [0.05, 0.1) is 5.75 Å². The lowest BCUT2D eigenvalue weighted by Crippen LogP contribution is -2.31. The van der Waals surface area contributed by atoms with Crippen LogP contribution in [0.3, 0.4) is 0 Å². The van der Waals surface area contributed by atoms with Crippen LogP contribution in [0.2, 0.25) is 0 Å². The highest BCUT2D eigenvalue weighted by Crippen LogP contribution is 2.37. The number of aromatic nitrogens is 3. The van der Waals surface area contributed by atoms with Gasteiger partial charge in [0.15, 0.2) is 5.16 Å². The van der Waals surface area contributed by atoms with Crippen LogP contribution >= 0.6 is 11.8 Å². The van der Waals surface area contributed by atoms with Crippen LogP contribution in [0.25, 0.3) is 0 Å². The van der Waals surface area contributed by atoms with Crippen molar-refractivity contribution in [3.63, 3.8) is 0 Å². The fraction of sp³-hybridized carbons (Fsp3) is 0.750. The highest BCUT2D eigenvalue weighted by Gasteiger charge is 2.29. The molecule has 1 aromatic rings. The number of carboxylic acid groups (broad SMARTS) is 1. The number of hydrogen-bond donors (Lipinski definition) is 2. The van der Waals surface area contributed by atoms with Crippen molar-refractivity contribution >= 4 is 17.7 Å². The minimum Gasteiger partial charge on any atom is -0.481 e. The van der Waals surface area contributed by atoms with Crippen molar-refractivity contribution in [1.29, 1.82) is 0 Å². The summed E-state index contributed by atoms with van der Waals surface area (Å²) in [6.45, 7) is 2.81. The van der Waals surface area contributed by atoms with Gasteiger partial charge in [-0.25, -0.2) is 9.89 Å². The molecule has 0 aliphatic heterocycles. The van der Waals surface area contributed by atoms with Crippen LogP contribution < -0.4 is 5.69 Å². The van der Waals surface area contributed by atoms with Crippen molar-refractivity contribution in [2.75, 3.05) is 5.75 Å². The van der Waals surface area contributed by atoms with Gasteiger partial charge in [-0.15, -0.1) is 5.10 Å². The fourth-order valence-electron chi connectivity index (χ4n) is 2.62. The maximum absolute atomic E-state index is 11.8. The van der Waals surface area contributed by atoms with E-state index in [-0.39, 0.29) is 16.9 Å². The topological polar surface area (TPSA) is 88.0 Å². The molecule has 1 aliphatic carbocycles. The highest BCUT2D eigenvalue weighted by molar-refractivity contribution is 7.99. The third-order valence-corrected chi connectivity index (χ3v) is 4.61. The summed E-state index contributed by atoms with van der Waals surface area (Å²) in [4.78, 5) is 22.4. The first-order valence-corrected chi connectivity index (χ1v) is 7.49. The highest BCUT2D eigenvalue weighted by atomic mass is 32.2. The van der Waals surface area contributed by atoms with Crippen molar-refractivity contribution in [3.8, 4) is 0 Å². The first-order valence-electron chi connectivity index (χ1n) is 6.50. The molecule has 0 radical (unpaired) electrons. The number of carbonyl (C=O) groups is 1. The zero-order chi connectivity index (χ0) is 13.9. The van der Waals surface area contributed by atoms with E-state index >= 15 is 0 Å². The van der Waals surface area contributed by atoms with Crippen LogP contribution in [-0.2, 0) is 11.3 Å². The van der Waals surface area contributed by atoms with E-state index in [1.54, 1.807) is 4.57 Å². The first kappa shape index (κ1) is 14.2. The van der Waals surface area contributed by atoms with Crippen LogP contribution in [0.15, 0.2) is 9.95 Å². The summed E-state index contributed by atoms with van der Waals surface area (Å²) >= 11 is 1.08. The Kier molecular flexibility index (Phi) is 4.34. The van der Waals surface area contributed by atoms with Crippen LogP contribution in [0.4, 0.5) is 0 Å². The van der Waals surface area contributed by atoms with Gasteiger partial charge in [0.2, 0.25) is 0 Å². The standard InChI is InChI=1S/C12H19N3O3S/c1-12(5-3-2-4-6-12)8-15-10(18)13-14-11(15)19-7-9(16)17/h2-8H2,1H3,(H,13,18)(H,16,17). The molecule has 1 heterocycles. The number of rotatable bonds is 5. The van der Waals surface area contributed by atoms with Gasteiger partial charge in [0.1, 0.15) is 0 Å². The Balaban J connectivity index is 2.12. The number of nitrogens with one attached hydrogen (secondary N) is 1. The van der Waals surface area contributed by atoms with Gasteiger partial charge in [-0.3, -0.25) is 9.36 Å². The SMILES string of the molecule is CC1(Cn2c(SCC(=O)O)n[nH]c2=O)CCCCC1. The Morgan fingerprint density at radius 2 is 2.16 bits per heavy atom. The Morgan fingerprint density at radius 1 is 1.47 bits per heavy atom. The largest absolute Gasteiger partial charge is 0.481 e. The van der Waals surface area contributed by atoms with Gasteiger partial charge in [-0.05, 0) is 18.3 Å². The number of aliphatic carboxylic acids is 1. The molecule has 7 heteroatoms. The summed E-state index contributed by atoms with van der Waals surface area (Å²) in [7, 11) is 0. The second-order valence-corrected chi connectivity index (χ2v) is 6.39. The average Bonchev–Trinajstić information content (AvgIpc) is 2.69. The quantitative estimate of drug-likeness (QED) is 0.804. The van der Waals surface area contributed by atoms with E-state index in [1.165, 1.54) is 19.3 Å². The molecule has 1 saturated carbocycles. The number of nitrogens with zero attached hydrogens (tertiary/aromatic N) is 2. The normalized spacial score (nSPS) is 18.4. The summed E-state index contributed by atoms with van der Waals surface area (Å²) < 4.78 is 1.58. The molecule has 0 amide bonds. The van der Waals surface area contributed by atoms with Crippen molar-refractivity contribution in [2.24, 2.45) is 5.41 Å². The van der Waals surface area contributed by atoms with Gasteiger partial charge in [-0.1, -0.05) is 37.9 Å². The maximum Gasteiger partial charge on any atom is 0.343 e. The molecule has 0 spiro atoms. The third-order valence-electron chi connectivity index (χ3n) is 3.65. The number of hydrogen-bond acceptors (Lipinski definition) is 4. The minimum absolute atomic E-state index is 0.0823. The van der Waals surface area contributed by atoms with Crippen molar-refractivity contribution < 1.29 is 9.90 Å². The molecule has 2 rings (SSSR count). The van der Waals surface area contributed by atoms with E-state index in [0.29, 0.717) is 11.7 Å². The van der Waals surface area contributed by atoms with Crippen molar-refractivity contribution in [1.82, 2.24) is 14.8 Å². The van der Waals surface area contributed by atoms with Crippen molar-refractivity contribution in [3.05, 3.63) is 10.5 Å². The molecular weight excluding hydrogens is 266 g/mol. The van der Waals surface area contributed by atoms with Crippen molar-refractivity contribution in [2.45, 2.75) is 50.7 Å². The zero-order valence-corrected chi connectivity index (χ0v) is 11.8. The molecule has 0 aromatic carbocycles. The molecule has 0 atom stereocenters. The second kappa shape index (κ2) is 5.81. The van der Waals surface area contributed by atoms with E-state index in [4.69, 9.17) is 5.11 Å². The monoisotopic (exact) mass is 285 g/mol. The summed E-state index contributed by atoms with van der Waals surface area (Å²) in [6.07, 6.45) is 5.86. The molecule has 1 aromatic heterocycles. The smallest absolute Gasteiger partial charge is 0.343 e. The van der Waals surface area contributed by atoms with Gasteiger partial charge < -0.3 is 5.11 Å². The zero-order valence-electron chi connectivity index (χ0n) is 11.0. The number of H-pyrrole nitrogens is 1. The Bertz CT molecular complexity index is 503. The molecule has 19 heavy (non-hydrogen) atoms. The summed E-state index contributed by atoms with van der Waals surface area (Å²) in [5.41, 5.74) is -0.135. The molecule has 106 valence electrons. The van der Waals surface area contributed by atoms with E-state index in [9.17, 15) is 9.59 Å². The molecule has 0 unspecified atom stereocenters. The minimum atomic E-state index is -0.907. The van der Waals surface area contributed by atoms with Crippen LogP contribution in [-0.4, -0.2) is 31.6 Å². The lowest BCUT2D eigenvalue weighted by molar-refractivity contribution is -0.133. The number of carboxylic acids is 1. The molecule has 1 aliphatic rings. The molecule has 2 N–H and O–H groups in total. The fourth-order valence-corrected chi connectivity index (χ4v) is 3.29. The summed E-state index contributed by atoms with van der Waals surface area (Å²) in [5, 5.41) is 15.5. The summed E-state index contributed by atoms with van der Waals surface area (Å²) in [5.74, 6) is -0.989. The average molecular weight is 285 g/mol. The van der Waals surface area contributed by atoms with Gasteiger partial charge >= 0.3 is 11.7 Å². The van der Waals surface area contributed by atoms with Gasteiger partial charge in [0, 0.05) is 6.54 Å². The predicted octanol–water partition coefficient (Wildman–Crippen LogP) is 1.72. The van der Waals surface area contributed by atoms with Gasteiger partial charge in [-0.2, -0.15) is 0 Å². The summed E-state index contributed by atoms with van der Waals surface area (Å²) in [6, 6.07) is 0. The van der Waals surface area contributed by atoms with E-state index in [2.05, 4.69) is 17.1 Å². The van der Waals surface area contributed by atoms with Crippen LogP contribution in [0, 0.1) is 5.41 Å². The van der Waals surface area contributed by atoms with Crippen LogP contribution in [0.5, 0.6) is 0 Å². The van der Waals surface area contributed by atoms with Gasteiger partial charge in [0.25, 0.3) is 0 Å². The van der Waals surface area contributed by atoms with Crippen LogP contribution in [0.1, 0.15) is 39.0 Å². The van der Waals surface area contributed by atoms with E-state index in [0.717, 1.165) is 24.6 Å². The second-order valence-electron chi connectivity index (χ2n) is 5.45. The van der Waals surface area contributed by atoms with E-state index in [1.807, 2.05) is 0 Å². The Morgan fingerprint density at radius 3 is 2.79 bits per heavy atom. The predicted molar refractivity (Wildman–Crippen MR) is 72.4 cm³/mol. The number of aromatic amines is 1. The lowest BCUT2D eigenvalue weighted by Gasteiger charge is -2.33. The molecule has 1 fully saturated rings. The lowest BCUT2D eigenvalue weighted by atomic mass is 9.76. The van der Waals surface area contributed by atoms with E-state index < -0.39 is 5.97 Å². The molecule has 0 saturated heterocycles. The molecule has 0 bridgehead atoms. The maximum atomic E-state index is 11.8. The third kappa shape index (κ3) is 3.62.